The predicted molar refractivity (Wildman–Crippen MR) is 101 cm³/mol. The average Bonchev–Trinajstić information content (AvgIpc) is 2.69. The summed E-state index contributed by atoms with van der Waals surface area (Å²) in [6.45, 7) is -0.192. The van der Waals surface area contributed by atoms with Crippen LogP contribution in [0, 0.1) is 0 Å². The molecule has 0 spiro atoms. The Morgan fingerprint density at radius 3 is 2.14 bits per heavy atom. The van der Waals surface area contributed by atoms with Crippen molar-refractivity contribution < 1.29 is 83.6 Å². The molecule has 0 radical (unpaired) electrons. The van der Waals surface area contributed by atoms with Crippen molar-refractivity contribution >= 4 is 32.7 Å². The second-order valence-electron chi connectivity index (χ2n) is 7.03. The van der Waals surface area contributed by atoms with E-state index in [0.29, 0.717) is 0 Å². The summed E-state index contributed by atoms with van der Waals surface area (Å²) >= 11 is 0. The van der Waals surface area contributed by atoms with Gasteiger partial charge in [0.05, 0.1) is 6.61 Å². The van der Waals surface area contributed by atoms with Gasteiger partial charge in [-0.3, -0.25) is 13.9 Å². The van der Waals surface area contributed by atoms with Gasteiger partial charge in [-0.05, 0) is 0 Å². The Kier molecular flexibility index (Phi) is 8.99. The molecule has 8 N–H and O–H groups in total. The molecule has 0 saturated carbocycles. The second kappa shape index (κ2) is 10.8. The Morgan fingerprint density at radius 1 is 1.06 bits per heavy atom. The van der Waals surface area contributed by atoms with Crippen LogP contribution in [0.25, 0.3) is 0 Å². The zero-order valence-electron chi connectivity index (χ0n) is 17.3. The Balaban J connectivity index is 2.46. The molecule has 0 aromatic rings. The van der Waals surface area contributed by atoms with Crippen LogP contribution in [-0.2, 0) is 53.0 Å². The second-order valence-corrected chi connectivity index (χ2v) is 9.17. The van der Waals surface area contributed by atoms with Crippen molar-refractivity contribution in [3.8, 4) is 0 Å². The first kappa shape index (κ1) is 29.1. The number of hydrogen-bond acceptors (Lipinski definition) is 15. The van der Waals surface area contributed by atoms with Crippen molar-refractivity contribution in [2.45, 2.75) is 56.1 Å². The number of aliphatic hydroxyl groups excluding tert-OH is 4. The van der Waals surface area contributed by atoms with E-state index in [1.165, 1.54) is 0 Å². The van der Waals surface area contributed by atoms with E-state index in [-0.39, 0.29) is 0 Å². The fraction of sp³-hybridized carbons (Fsp3) is 0.714. The van der Waals surface area contributed by atoms with E-state index >= 15 is 0 Å². The molecule has 0 aliphatic carbocycles. The number of amides is 1. The van der Waals surface area contributed by atoms with E-state index < -0.39 is 99.9 Å². The number of aliphatic carboxylic acids is 1. The van der Waals surface area contributed by atoms with Crippen LogP contribution in [0.2, 0.25) is 0 Å². The summed E-state index contributed by atoms with van der Waals surface area (Å²) in [5.41, 5.74) is 0. The van der Waals surface area contributed by atoms with Crippen LogP contribution < -0.4 is 5.32 Å². The van der Waals surface area contributed by atoms with Crippen LogP contribution in [0.1, 0.15) is 6.92 Å². The minimum Gasteiger partial charge on any atom is -0.506 e. The predicted octanol–water partition coefficient (Wildman–Crippen LogP) is -4.47. The number of carboxylic acid groups (broad SMARTS) is 1. The lowest BCUT2D eigenvalue weighted by molar-refractivity contribution is -0.306. The van der Waals surface area contributed by atoms with E-state index in [9.17, 15) is 46.9 Å². The molecule has 2 heterocycles. The van der Waals surface area contributed by atoms with Gasteiger partial charge >= 0.3 is 26.8 Å². The lowest BCUT2D eigenvalue weighted by Crippen LogP contribution is -2.66. The zero-order chi connectivity index (χ0) is 26.9. The van der Waals surface area contributed by atoms with Gasteiger partial charge in [0, 0.05) is 6.92 Å². The summed E-state index contributed by atoms with van der Waals surface area (Å²) in [5.74, 6) is -5.60. The molecule has 0 bridgehead atoms. The van der Waals surface area contributed by atoms with Gasteiger partial charge < -0.3 is 45.1 Å². The van der Waals surface area contributed by atoms with Crippen molar-refractivity contribution in [3.63, 3.8) is 0 Å². The molecule has 2 rings (SSSR count). The van der Waals surface area contributed by atoms with Crippen LogP contribution in [0.4, 0.5) is 0 Å². The third-order valence-corrected chi connectivity index (χ3v) is 5.39. The highest BCUT2D eigenvalue weighted by Crippen LogP contribution is 2.32. The number of hydrogen-bond donors (Lipinski definition) is 8. The molecule has 1 fully saturated rings. The van der Waals surface area contributed by atoms with Gasteiger partial charge in [0.2, 0.25) is 18.0 Å². The van der Waals surface area contributed by atoms with E-state index in [4.69, 9.17) is 28.4 Å². The number of rotatable bonds is 9. The molecule has 8 atom stereocenters. The van der Waals surface area contributed by atoms with E-state index in [1.54, 1.807) is 0 Å². The van der Waals surface area contributed by atoms with E-state index in [2.05, 4.69) is 13.7 Å². The molecule has 1 saturated heterocycles. The maximum Gasteiger partial charge on any atom is 0.397 e. The number of carbonyl (C=O) groups excluding carboxylic acids is 1. The van der Waals surface area contributed by atoms with Crippen LogP contribution >= 0.6 is 0 Å². The highest BCUT2D eigenvalue weighted by Gasteiger charge is 2.52. The SMILES string of the molecule is CC(=O)N[C@H]1C(O)O[C@H](COS(=O)(=O)O)[C@@H](O[C@@H]2OC(C(=O)O)=C(O)[C@H](O)[C@H]2OS(=O)(=O)O)[C@@H]1O. The summed E-state index contributed by atoms with van der Waals surface area (Å²) < 4.78 is 85.4. The quantitative estimate of drug-likeness (QED) is 0.124. The fourth-order valence-electron chi connectivity index (χ4n) is 3.12. The van der Waals surface area contributed by atoms with E-state index in [0.717, 1.165) is 6.92 Å². The first-order valence-corrected chi connectivity index (χ1v) is 11.9. The minimum atomic E-state index is -5.41. The summed E-state index contributed by atoms with van der Waals surface area (Å²) in [7, 11) is -10.5. The third kappa shape index (κ3) is 7.65. The molecular formula is C14H21NO18S2. The highest BCUT2D eigenvalue weighted by atomic mass is 32.3. The molecule has 2 aliphatic heterocycles. The van der Waals surface area contributed by atoms with Crippen molar-refractivity contribution in [2.75, 3.05) is 6.61 Å². The van der Waals surface area contributed by atoms with Gasteiger partial charge in [-0.15, -0.1) is 0 Å². The van der Waals surface area contributed by atoms with Gasteiger partial charge in [-0.1, -0.05) is 0 Å². The Bertz CT molecular complexity index is 1060. The molecule has 1 unspecified atom stereocenters. The van der Waals surface area contributed by atoms with Crippen LogP contribution in [-0.4, -0.2) is 119 Å². The fourth-order valence-corrected chi connectivity index (χ4v) is 3.90. The van der Waals surface area contributed by atoms with Gasteiger partial charge in [0.1, 0.15) is 30.5 Å². The van der Waals surface area contributed by atoms with Gasteiger partial charge in [0.25, 0.3) is 0 Å². The Labute approximate surface area is 196 Å². The molecule has 0 aromatic carbocycles. The lowest BCUT2D eigenvalue weighted by Gasteiger charge is -2.44. The van der Waals surface area contributed by atoms with Crippen molar-refractivity contribution in [2.24, 2.45) is 0 Å². The molecule has 202 valence electrons. The van der Waals surface area contributed by atoms with E-state index in [1.807, 2.05) is 0 Å². The normalized spacial score (nSPS) is 34.2. The van der Waals surface area contributed by atoms with Crippen molar-refractivity contribution in [1.29, 1.82) is 0 Å². The summed E-state index contributed by atoms with van der Waals surface area (Å²) in [6.07, 6.45) is -15.3. The molecule has 0 aromatic heterocycles. The van der Waals surface area contributed by atoms with Gasteiger partial charge in [-0.2, -0.15) is 16.8 Å². The molecule has 19 nitrogen and oxygen atoms in total. The summed E-state index contributed by atoms with van der Waals surface area (Å²) in [6, 6.07) is -1.68. The highest BCUT2D eigenvalue weighted by molar-refractivity contribution is 7.81. The standard InChI is InChI=1S/C14H21NO18S2/c1-3(16)15-5-6(17)9(4(30-13(5)22)2-29-34(23,24)25)31-14-11(33-35(26,27)28)8(19)7(18)10(32-14)12(20)21/h4-6,8-9,11,13-14,17-19,22H,2H2,1H3,(H,15,16)(H,20,21)(H,23,24,25)(H,26,27,28)/t4-,5-,6-,8+,9-,11-,13?,14-/m1/s1. The molecule has 2 aliphatic rings. The van der Waals surface area contributed by atoms with Crippen LogP contribution in [0.15, 0.2) is 11.5 Å². The van der Waals surface area contributed by atoms with Crippen molar-refractivity contribution in [3.05, 3.63) is 11.5 Å². The molecular weight excluding hydrogens is 534 g/mol. The average molecular weight is 555 g/mol. The van der Waals surface area contributed by atoms with Gasteiger partial charge in [0.15, 0.2) is 18.2 Å². The maximum atomic E-state index is 11.4. The lowest BCUT2D eigenvalue weighted by atomic mass is 9.96. The molecule has 21 heteroatoms. The summed E-state index contributed by atoms with van der Waals surface area (Å²) in [4.78, 5) is 22.7. The largest absolute Gasteiger partial charge is 0.506 e. The minimum absolute atomic E-state index is 0.805. The topological polar surface area (TPSA) is 302 Å². The van der Waals surface area contributed by atoms with Gasteiger partial charge in [-0.25, -0.2) is 13.2 Å². The monoisotopic (exact) mass is 555 g/mol. The van der Waals surface area contributed by atoms with Crippen LogP contribution in [0.5, 0.6) is 0 Å². The summed E-state index contributed by atoms with van der Waals surface area (Å²) in [5, 5.41) is 51.8. The van der Waals surface area contributed by atoms with Crippen molar-refractivity contribution in [1.82, 2.24) is 5.32 Å². The number of aliphatic hydroxyl groups is 4. The first-order chi connectivity index (χ1) is 15.9. The maximum absolute atomic E-state index is 11.4. The van der Waals surface area contributed by atoms with Crippen LogP contribution in [0.3, 0.4) is 0 Å². The number of nitrogens with one attached hydrogen (secondary N) is 1. The first-order valence-electron chi connectivity index (χ1n) is 9.14. The smallest absolute Gasteiger partial charge is 0.397 e. The molecule has 35 heavy (non-hydrogen) atoms. The zero-order valence-corrected chi connectivity index (χ0v) is 18.9. The number of carbonyl (C=O) groups is 2. The Hall–Kier alpha value is -2.18. The Morgan fingerprint density at radius 2 is 1.66 bits per heavy atom. The number of carboxylic acids is 1. The third-order valence-electron chi connectivity index (χ3n) is 4.49. The molecule has 1 amide bonds. The number of ether oxygens (including phenoxy) is 3.